The molecular formula is BMg2Na2O7P. The molecule has 0 aromatic carbocycles. The molecule has 0 radical (unpaired) electrons. The molecule has 0 atom stereocenters. The average Bonchev–Trinajstić information content (AvgIpc) is 1.19. The summed E-state index contributed by atoms with van der Waals surface area (Å²) in [6.07, 6.45) is 0. The molecule has 0 aliphatic carbocycles. The molecule has 56 valence electrons. The fraction of sp³-hybridized carbons (Fsp3) is 0. The standard InChI is InChI=1S/BO3.2Mg.2Na.H3O4P/c2-1(3)4;;;;;1-5(2,3)4/h;;;;;(H3,1,2,3,4)/q-3;2*+2;2*+1;/p-3. The second-order valence-corrected chi connectivity index (χ2v) is 1.63. The first kappa shape index (κ1) is 36.0. The molecule has 0 saturated carbocycles. The van der Waals surface area contributed by atoms with Crippen LogP contribution in [0.25, 0.3) is 0 Å². The van der Waals surface area contributed by atoms with Crippen LogP contribution in [0.1, 0.15) is 0 Å². The van der Waals surface area contributed by atoms with Gasteiger partial charge in [-0.25, -0.2) is 0 Å². The van der Waals surface area contributed by atoms with Crippen molar-refractivity contribution >= 4 is 61.2 Å². The van der Waals surface area contributed by atoms with E-state index >= 15 is 0 Å². The summed E-state index contributed by atoms with van der Waals surface area (Å²) in [5, 5.41) is 25.2. The zero-order valence-corrected chi connectivity index (χ0v) is 15.0. The monoisotopic (exact) mass is 248 g/mol. The Morgan fingerprint density at radius 2 is 0.846 bits per heavy atom. The predicted octanol–water partition coefficient (Wildman–Crippen LogP) is -13.5. The van der Waals surface area contributed by atoms with E-state index in [1.807, 2.05) is 0 Å². The van der Waals surface area contributed by atoms with Crippen LogP contribution < -0.4 is 88.9 Å². The van der Waals surface area contributed by atoms with Gasteiger partial charge in [0.15, 0.2) is 0 Å². The van der Waals surface area contributed by atoms with Crippen LogP contribution >= 0.6 is 7.82 Å². The third-order valence-corrected chi connectivity index (χ3v) is 0. The van der Waals surface area contributed by atoms with Crippen molar-refractivity contribution in [3.05, 3.63) is 0 Å². The maximum atomic E-state index is 8.55. The van der Waals surface area contributed by atoms with Crippen LogP contribution in [0.5, 0.6) is 0 Å². The van der Waals surface area contributed by atoms with Gasteiger partial charge in [0.25, 0.3) is 0 Å². The Hall–Kier alpha value is 3.59. The summed E-state index contributed by atoms with van der Waals surface area (Å²) in [7, 11) is -8.31. The number of phosphoric acid groups is 1. The van der Waals surface area contributed by atoms with Gasteiger partial charge in [-0.1, -0.05) is 0 Å². The molecule has 13 heavy (non-hydrogen) atoms. The summed E-state index contributed by atoms with van der Waals surface area (Å²) in [6.45, 7) is 0. The van der Waals surface area contributed by atoms with E-state index in [2.05, 4.69) is 0 Å². The molecule has 0 fully saturated rings. The Labute approximate surface area is 152 Å². The largest absolute Gasteiger partial charge is 2.00 e. The Morgan fingerprint density at radius 1 is 0.846 bits per heavy atom. The summed E-state index contributed by atoms with van der Waals surface area (Å²) < 4.78 is 8.55. The summed E-state index contributed by atoms with van der Waals surface area (Å²) in [5.74, 6) is 0. The van der Waals surface area contributed by atoms with Gasteiger partial charge in [0.05, 0.1) is 0 Å². The topological polar surface area (TPSA) is 155 Å². The van der Waals surface area contributed by atoms with Crippen molar-refractivity contribution in [2.24, 2.45) is 0 Å². The molecule has 0 aliphatic heterocycles. The minimum atomic E-state index is -5.39. The normalized spacial score (nSPS) is 6.62. The molecule has 0 heterocycles. The van der Waals surface area contributed by atoms with Crippen LogP contribution in [-0.4, -0.2) is 53.4 Å². The van der Waals surface area contributed by atoms with E-state index in [0.717, 1.165) is 0 Å². The van der Waals surface area contributed by atoms with E-state index in [1.165, 1.54) is 0 Å². The van der Waals surface area contributed by atoms with Crippen molar-refractivity contribution in [1.29, 1.82) is 0 Å². The van der Waals surface area contributed by atoms with Crippen LogP contribution in [0.2, 0.25) is 0 Å². The molecule has 0 bridgehead atoms. The maximum absolute atomic E-state index is 8.55. The quantitative estimate of drug-likeness (QED) is 0.304. The first-order valence-electron chi connectivity index (χ1n) is 1.44. The van der Waals surface area contributed by atoms with Crippen molar-refractivity contribution in [3.63, 3.8) is 0 Å². The molecule has 0 unspecified atom stereocenters. The van der Waals surface area contributed by atoms with Crippen molar-refractivity contribution in [1.82, 2.24) is 0 Å². The third kappa shape index (κ3) is 224. The molecule has 0 saturated heterocycles. The SMILES string of the molecule is O=P([O-])([O-])[O-].[Mg+2].[Mg+2].[Na+].[Na+].[O-]B([O-])[O-]. The Kier molecular flexibility index (Phi) is 57.9. The fourth-order valence-electron chi connectivity index (χ4n) is 0. The van der Waals surface area contributed by atoms with Gasteiger partial charge in [-0.2, -0.15) is 7.82 Å². The maximum Gasteiger partial charge on any atom is 2.00 e. The zero-order valence-electron chi connectivity index (χ0n) is 7.30. The molecular weight excluding hydrogens is 248 g/mol. The Morgan fingerprint density at radius 3 is 0.846 bits per heavy atom. The van der Waals surface area contributed by atoms with Crippen LogP contribution in [0, 0.1) is 0 Å². The van der Waals surface area contributed by atoms with E-state index in [1.54, 1.807) is 0 Å². The molecule has 0 amide bonds. The third-order valence-electron chi connectivity index (χ3n) is 0. The second kappa shape index (κ2) is 20.9. The number of rotatable bonds is 0. The van der Waals surface area contributed by atoms with Crippen LogP contribution in [-0.2, 0) is 4.57 Å². The van der Waals surface area contributed by atoms with Gasteiger partial charge in [-0.05, 0) is 0 Å². The van der Waals surface area contributed by atoms with Gasteiger partial charge in [0.1, 0.15) is 0 Å². The van der Waals surface area contributed by atoms with E-state index in [0.29, 0.717) is 0 Å². The van der Waals surface area contributed by atoms with E-state index in [9.17, 15) is 0 Å². The van der Waals surface area contributed by atoms with Gasteiger partial charge in [0.2, 0.25) is 0 Å². The summed E-state index contributed by atoms with van der Waals surface area (Å²) in [4.78, 5) is 25.6. The molecule has 7 nitrogen and oxygen atoms in total. The summed E-state index contributed by atoms with van der Waals surface area (Å²) in [6, 6.07) is 0. The summed E-state index contributed by atoms with van der Waals surface area (Å²) >= 11 is 0. The molecule has 0 rings (SSSR count). The van der Waals surface area contributed by atoms with Crippen molar-refractivity contribution < 1.29 is 93.4 Å². The van der Waals surface area contributed by atoms with Gasteiger partial charge >= 0.3 is 105 Å². The number of hydrogen-bond acceptors (Lipinski definition) is 7. The van der Waals surface area contributed by atoms with Crippen LogP contribution in [0.3, 0.4) is 0 Å². The van der Waals surface area contributed by atoms with Crippen LogP contribution in [0.4, 0.5) is 0 Å². The first-order valence-corrected chi connectivity index (χ1v) is 2.90. The van der Waals surface area contributed by atoms with Crippen LogP contribution in [0.15, 0.2) is 0 Å². The Balaban J connectivity index is -0.0000000146. The number of hydrogen-bond donors (Lipinski definition) is 0. The molecule has 0 N–H and O–H groups in total. The second-order valence-electron chi connectivity index (χ2n) is 0.736. The Bertz CT molecular complexity index is 95.6. The molecule has 0 aromatic rings. The van der Waals surface area contributed by atoms with Gasteiger partial charge in [-0.15, -0.1) is 0 Å². The fourth-order valence-corrected chi connectivity index (χ4v) is 0. The zero-order chi connectivity index (χ0) is 8.08. The molecule has 0 spiro atoms. The van der Waals surface area contributed by atoms with E-state index in [4.69, 9.17) is 34.3 Å². The smallest absolute Gasteiger partial charge is 0.907 e. The molecule has 0 aliphatic rings. The summed E-state index contributed by atoms with van der Waals surface area (Å²) in [5.41, 5.74) is 0. The van der Waals surface area contributed by atoms with E-state index < -0.39 is 15.1 Å². The minimum Gasteiger partial charge on any atom is -0.907 e. The van der Waals surface area contributed by atoms with Gasteiger partial charge < -0.3 is 34.3 Å². The van der Waals surface area contributed by atoms with Crippen molar-refractivity contribution in [3.8, 4) is 0 Å². The van der Waals surface area contributed by atoms with Gasteiger partial charge in [-0.3, -0.25) is 7.32 Å². The van der Waals surface area contributed by atoms with Crippen molar-refractivity contribution in [2.75, 3.05) is 0 Å². The molecule has 0 aromatic heterocycles. The molecule has 13 heteroatoms. The van der Waals surface area contributed by atoms with Crippen molar-refractivity contribution in [2.45, 2.75) is 0 Å². The average molecular weight is 248 g/mol. The first-order chi connectivity index (χ1) is 3.73. The minimum absolute atomic E-state index is 0. The predicted molar refractivity (Wildman–Crippen MR) is 24.9 cm³/mol. The van der Waals surface area contributed by atoms with Gasteiger partial charge in [0, 0.05) is 0 Å². The van der Waals surface area contributed by atoms with E-state index in [-0.39, 0.29) is 105 Å².